The Bertz CT molecular complexity index is 1320. The van der Waals surface area contributed by atoms with E-state index < -0.39 is 30.3 Å². The van der Waals surface area contributed by atoms with Crippen LogP contribution in [0, 0.1) is 5.41 Å². The van der Waals surface area contributed by atoms with Crippen molar-refractivity contribution in [3.05, 3.63) is 34.8 Å². The number of alkyl halides is 6. The lowest BCUT2D eigenvalue weighted by Gasteiger charge is -2.40. The first-order chi connectivity index (χ1) is 16.9. The summed E-state index contributed by atoms with van der Waals surface area (Å²) >= 11 is 0. The summed E-state index contributed by atoms with van der Waals surface area (Å²) in [5, 5.41) is 3.72. The lowest BCUT2D eigenvalue weighted by molar-refractivity contribution is -0.145. The maximum absolute atomic E-state index is 12.9. The molecule has 5 heterocycles. The van der Waals surface area contributed by atoms with Gasteiger partial charge < -0.3 is 9.80 Å². The standard InChI is InChI=1S/C21H22F6N8O/c1-32-16(36)14-10-30-35(12-20(22,23)24)15(14)31-18(32)33-5-2-19(3-6-33)4-7-34(11-19)13-8-28-17(29-9-13)21(25,26)27/h8-10H,2-7,11-12H2,1H3. The first kappa shape index (κ1) is 24.3. The van der Waals surface area contributed by atoms with E-state index in [1.807, 2.05) is 9.80 Å². The molecule has 0 unspecified atom stereocenters. The van der Waals surface area contributed by atoms with E-state index in [1.54, 1.807) is 0 Å². The van der Waals surface area contributed by atoms with Crippen molar-refractivity contribution in [2.75, 3.05) is 36.0 Å². The van der Waals surface area contributed by atoms with E-state index in [1.165, 1.54) is 24.0 Å². The monoisotopic (exact) mass is 516 g/mol. The lowest BCUT2D eigenvalue weighted by Crippen LogP contribution is -2.44. The Balaban J connectivity index is 1.31. The van der Waals surface area contributed by atoms with Gasteiger partial charge in [-0.05, 0) is 24.7 Å². The van der Waals surface area contributed by atoms with Crippen molar-refractivity contribution in [2.24, 2.45) is 12.5 Å². The van der Waals surface area contributed by atoms with Gasteiger partial charge in [0.25, 0.3) is 5.56 Å². The van der Waals surface area contributed by atoms with Crippen LogP contribution in [-0.2, 0) is 19.8 Å². The fraction of sp³-hybridized carbons (Fsp3) is 0.571. The molecule has 2 aliphatic heterocycles. The maximum Gasteiger partial charge on any atom is 0.451 e. The van der Waals surface area contributed by atoms with Crippen LogP contribution in [0.3, 0.4) is 0 Å². The number of hydrogen-bond acceptors (Lipinski definition) is 7. The Hall–Kier alpha value is -3.39. The summed E-state index contributed by atoms with van der Waals surface area (Å²) in [5.41, 5.74) is -0.145. The molecule has 15 heteroatoms. The maximum atomic E-state index is 12.9. The largest absolute Gasteiger partial charge is 0.451 e. The summed E-state index contributed by atoms with van der Waals surface area (Å²) in [7, 11) is 1.53. The molecule has 2 fully saturated rings. The number of halogens is 6. The van der Waals surface area contributed by atoms with Crippen LogP contribution in [-0.4, -0.2) is 61.7 Å². The van der Waals surface area contributed by atoms with Gasteiger partial charge in [-0.1, -0.05) is 0 Å². The van der Waals surface area contributed by atoms with Crippen LogP contribution in [0.5, 0.6) is 0 Å². The minimum absolute atomic E-state index is 0.0178. The molecule has 2 saturated heterocycles. The van der Waals surface area contributed by atoms with Crippen molar-refractivity contribution in [1.82, 2.24) is 29.3 Å². The van der Waals surface area contributed by atoms with Gasteiger partial charge in [0, 0.05) is 33.2 Å². The van der Waals surface area contributed by atoms with Crippen LogP contribution in [0.4, 0.5) is 38.0 Å². The van der Waals surface area contributed by atoms with Crippen LogP contribution < -0.4 is 15.4 Å². The molecule has 36 heavy (non-hydrogen) atoms. The summed E-state index contributed by atoms with van der Waals surface area (Å²) in [6.45, 7) is 0.975. The van der Waals surface area contributed by atoms with Crippen molar-refractivity contribution in [2.45, 2.75) is 38.2 Å². The van der Waals surface area contributed by atoms with Gasteiger partial charge in [-0.25, -0.2) is 14.6 Å². The van der Waals surface area contributed by atoms with E-state index in [0.29, 0.717) is 36.5 Å². The highest BCUT2D eigenvalue weighted by molar-refractivity contribution is 5.74. The number of fused-ring (bicyclic) bond motifs is 1. The Morgan fingerprint density at radius 3 is 2.14 bits per heavy atom. The molecule has 0 bridgehead atoms. The summed E-state index contributed by atoms with van der Waals surface area (Å²) in [4.78, 5) is 27.9. The number of rotatable bonds is 3. The van der Waals surface area contributed by atoms with E-state index in [9.17, 15) is 31.1 Å². The summed E-state index contributed by atoms with van der Waals surface area (Å²) in [5.74, 6) is -0.905. The second kappa shape index (κ2) is 8.34. The topological polar surface area (TPSA) is 85.0 Å². The minimum Gasteiger partial charge on any atom is -0.368 e. The van der Waals surface area contributed by atoms with Gasteiger partial charge in [0.15, 0.2) is 5.65 Å². The molecule has 0 amide bonds. The molecule has 0 aliphatic carbocycles. The molecule has 0 aromatic carbocycles. The van der Waals surface area contributed by atoms with Gasteiger partial charge in [0.1, 0.15) is 11.9 Å². The number of nitrogens with zero attached hydrogens (tertiary/aromatic N) is 8. The van der Waals surface area contributed by atoms with Gasteiger partial charge in [0.05, 0.1) is 24.3 Å². The second-order valence-corrected chi connectivity index (χ2v) is 9.35. The number of aromatic nitrogens is 6. The summed E-state index contributed by atoms with van der Waals surface area (Å²) < 4.78 is 79.1. The number of piperidine rings is 1. The average Bonchev–Trinajstić information content (AvgIpc) is 3.40. The van der Waals surface area contributed by atoms with E-state index in [0.717, 1.165) is 25.5 Å². The van der Waals surface area contributed by atoms with Gasteiger partial charge in [-0.15, -0.1) is 0 Å². The van der Waals surface area contributed by atoms with Crippen LogP contribution in [0.15, 0.2) is 23.4 Å². The number of anilines is 2. The van der Waals surface area contributed by atoms with Gasteiger partial charge in [-0.3, -0.25) is 9.36 Å². The molecule has 0 radical (unpaired) electrons. The van der Waals surface area contributed by atoms with Crippen molar-refractivity contribution >= 4 is 22.7 Å². The van der Waals surface area contributed by atoms with Crippen molar-refractivity contribution in [3.8, 4) is 0 Å². The first-order valence-corrected chi connectivity index (χ1v) is 11.2. The SMILES string of the molecule is Cn1c(N2CCC3(CCN(c4cnc(C(F)(F)F)nc4)C3)CC2)nc2c(cnn2CC(F)(F)F)c1=O. The van der Waals surface area contributed by atoms with Crippen LogP contribution in [0.25, 0.3) is 11.0 Å². The third-order valence-electron chi connectivity index (χ3n) is 6.98. The Labute approximate surface area is 200 Å². The zero-order valence-corrected chi connectivity index (χ0v) is 19.1. The molecule has 0 saturated carbocycles. The lowest BCUT2D eigenvalue weighted by atomic mass is 9.78. The van der Waals surface area contributed by atoms with E-state index in [2.05, 4.69) is 20.1 Å². The fourth-order valence-electron chi connectivity index (χ4n) is 5.03. The first-order valence-electron chi connectivity index (χ1n) is 11.2. The third kappa shape index (κ3) is 4.46. The highest BCUT2D eigenvalue weighted by atomic mass is 19.4. The van der Waals surface area contributed by atoms with Crippen molar-refractivity contribution < 1.29 is 26.3 Å². The fourth-order valence-corrected chi connectivity index (χ4v) is 5.03. The summed E-state index contributed by atoms with van der Waals surface area (Å²) in [6, 6.07) is 0. The van der Waals surface area contributed by atoms with Gasteiger partial charge in [0.2, 0.25) is 11.8 Å². The van der Waals surface area contributed by atoms with E-state index in [4.69, 9.17) is 0 Å². The van der Waals surface area contributed by atoms with Crippen molar-refractivity contribution in [1.29, 1.82) is 0 Å². The van der Waals surface area contributed by atoms with Crippen molar-refractivity contribution in [3.63, 3.8) is 0 Å². The highest BCUT2D eigenvalue weighted by Gasteiger charge is 2.42. The molecule has 0 atom stereocenters. The minimum atomic E-state index is -4.60. The zero-order chi connectivity index (χ0) is 25.9. The Morgan fingerprint density at radius 1 is 0.944 bits per heavy atom. The third-order valence-corrected chi connectivity index (χ3v) is 6.98. The van der Waals surface area contributed by atoms with Crippen LogP contribution >= 0.6 is 0 Å². The second-order valence-electron chi connectivity index (χ2n) is 9.35. The average molecular weight is 516 g/mol. The molecule has 1 spiro atoms. The van der Waals surface area contributed by atoms with E-state index >= 15 is 0 Å². The predicted molar refractivity (Wildman–Crippen MR) is 117 cm³/mol. The quantitative estimate of drug-likeness (QED) is 0.495. The normalized spacial score (nSPS) is 18.5. The molecule has 3 aromatic heterocycles. The molecule has 194 valence electrons. The van der Waals surface area contributed by atoms with Gasteiger partial charge in [-0.2, -0.15) is 36.4 Å². The zero-order valence-electron chi connectivity index (χ0n) is 19.1. The molecule has 9 nitrogen and oxygen atoms in total. The smallest absolute Gasteiger partial charge is 0.368 e. The van der Waals surface area contributed by atoms with Gasteiger partial charge >= 0.3 is 12.4 Å². The van der Waals surface area contributed by atoms with E-state index in [-0.39, 0.29) is 22.4 Å². The highest BCUT2D eigenvalue weighted by Crippen LogP contribution is 2.42. The predicted octanol–water partition coefficient (Wildman–Crippen LogP) is 3.00. The van der Waals surface area contributed by atoms with Crippen LogP contribution in [0.1, 0.15) is 25.1 Å². The molecule has 5 rings (SSSR count). The Morgan fingerprint density at radius 2 is 1.56 bits per heavy atom. The molecule has 2 aliphatic rings. The molecular formula is C21H22F6N8O. The molecular weight excluding hydrogens is 494 g/mol. The number of hydrogen-bond donors (Lipinski definition) is 0. The van der Waals surface area contributed by atoms with Crippen LogP contribution in [0.2, 0.25) is 0 Å². The Kier molecular flexibility index (Phi) is 5.63. The molecule has 3 aromatic rings. The molecule has 0 N–H and O–H groups in total. The summed E-state index contributed by atoms with van der Waals surface area (Å²) in [6.07, 6.45) is -3.37.